The number of aliphatic hydroxyl groups excluding tert-OH is 1. The molecule has 2 heterocycles. The number of nitrogens with one attached hydrogen (secondary N) is 1. The fourth-order valence-electron chi connectivity index (χ4n) is 1.85. The van der Waals surface area contributed by atoms with Crippen LogP contribution in [0.1, 0.15) is 12.6 Å². The van der Waals surface area contributed by atoms with Crippen LogP contribution in [0.2, 0.25) is 0 Å². The molecule has 0 aliphatic carbocycles. The average molecular weight is 307 g/mol. The van der Waals surface area contributed by atoms with Crippen LogP contribution in [0.4, 0.5) is 0 Å². The Kier molecular flexibility index (Phi) is 4.06. The molecule has 112 valence electrons. The van der Waals surface area contributed by atoms with Gasteiger partial charge in [0.25, 0.3) is 5.56 Å². The fourth-order valence-corrected chi connectivity index (χ4v) is 2.18. The van der Waals surface area contributed by atoms with Gasteiger partial charge in [0.1, 0.15) is 12.3 Å². The van der Waals surface area contributed by atoms with E-state index in [1.807, 2.05) is 4.98 Å². The van der Waals surface area contributed by atoms with E-state index in [4.69, 9.17) is 4.74 Å². The summed E-state index contributed by atoms with van der Waals surface area (Å²) in [6, 6.07) is 1.13. The quantitative estimate of drug-likeness (QED) is 0.551. The zero-order chi connectivity index (χ0) is 14.9. The number of hydrogen-bond donors (Lipinski definition) is 3. The van der Waals surface area contributed by atoms with Gasteiger partial charge in [-0.05, 0) is 0 Å². The molecule has 0 aromatic carbocycles. The van der Waals surface area contributed by atoms with Gasteiger partial charge in [0.05, 0.1) is 12.7 Å². The van der Waals surface area contributed by atoms with E-state index >= 15 is 0 Å². The Labute approximate surface area is 113 Å². The molecular formula is C9H13N3O7S. The lowest BCUT2D eigenvalue weighted by atomic mass is 10.2. The maximum Gasteiger partial charge on any atom is 0.333 e. The minimum Gasteiger partial charge on any atom is -0.390 e. The first-order chi connectivity index (χ1) is 9.26. The van der Waals surface area contributed by atoms with E-state index in [1.54, 1.807) is 0 Å². The average Bonchev–Trinajstić information content (AvgIpc) is 2.67. The first-order valence-electron chi connectivity index (χ1n) is 5.58. The minimum absolute atomic E-state index is 0.0462. The minimum atomic E-state index is -4.14. The molecule has 11 heteroatoms. The van der Waals surface area contributed by atoms with Gasteiger partial charge in [-0.25, -0.2) is 9.93 Å². The third-order valence-corrected chi connectivity index (χ3v) is 3.23. The molecule has 0 bridgehead atoms. The van der Waals surface area contributed by atoms with Crippen LogP contribution in [0.3, 0.4) is 0 Å². The lowest BCUT2D eigenvalue weighted by Gasteiger charge is -2.15. The van der Waals surface area contributed by atoms with Crippen LogP contribution in [-0.2, 0) is 19.2 Å². The van der Waals surface area contributed by atoms with Gasteiger partial charge in [-0.2, -0.15) is 8.42 Å². The number of aromatic amines is 1. The second-order valence-corrected chi connectivity index (χ2v) is 5.45. The van der Waals surface area contributed by atoms with Crippen molar-refractivity contribution in [2.45, 2.75) is 24.9 Å². The van der Waals surface area contributed by atoms with Crippen LogP contribution < -0.4 is 16.4 Å². The van der Waals surface area contributed by atoms with Crippen molar-refractivity contribution in [3.63, 3.8) is 0 Å². The monoisotopic (exact) mass is 307 g/mol. The number of H-pyrrole nitrogens is 1. The Hall–Kier alpha value is -1.53. The summed E-state index contributed by atoms with van der Waals surface area (Å²) in [5, 5.41) is 14.4. The Morgan fingerprint density at radius 3 is 2.85 bits per heavy atom. The van der Waals surface area contributed by atoms with Crippen molar-refractivity contribution >= 4 is 10.3 Å². The van der Waals surface area contributed by atoms with Gasteiger partial charge in [0, 0.05) is 18.7 Å². The fraction of sp³-hybridized carbons (Fsp3) is 0.556. The third kappa shape index (κ3) is 3.52. The molecule has 1 aliphatic rings. The van der Waals surface area contributed by atoms with Gasteiger partial charge < -0.3 is 9.84 Å². The lowest BCUT2D eigenvalue weighted by molar-refractivity contribution is -0.0399. The van der Waals surface area contributed by atoms with Crippen molar-refractivity contribution in [3.05, 3.63) is 33.1 Å². The molecule has 3 atom stereocenters. The predicted octanol–water partition coefficient (Wildman–Crippen LogP) is -2.59. The molecule has 1 aromatic rings. The van der Waals surface area contributed by atoms with E-state index in [-0.39, 0.29) is 6.42 Å². The Bertz CT molecular complexity index is 694. The molecule has 20 heavy (non-hydrogen) atoms. The molecule has 0 radical (unpaired) electrons. The summed E-state index contributed by atoms with van der Waals surface area (Å²) in [4.78, 5) is 24.5. The molecule has 1 aromatic heterocycles. The highest BCUT2D eigenvalue weighted by Crippen LogP contribution is 2.27. The topological polar surface area (TPSA) is 154 Å². The number of ether oxygens (including phenoxy) is 1. The number of aromatic nitrogens is 2. The Morgan fingerprint density at radius 1 is 1.55 bits per heavy atom. The maximum absolute atomic E-state index is 11.6. The van der Waals surface area contributed by atoms with Crippen molar-refractivity contribution in [2.75, 3.05) is 6.61 Å². The van der Waals surface area contributed by atoms with Gasteiger partial charge in [-0.1, -0.05) is 0 Å². The smallest absolute Gasteiger partial charge is 0.333 e. The number of hydrogen-bond acceptors (Lipinski definition) is 7. The van der Waals surface area contributed by atoms with E-state index in [9.17, 15) is 23.1 Å². The molecular weight excluding hydrogens is 294 g/mol. The molecule has 0 unspecified atom stereocenters. The molecule has 1 fully saturated rings. The number of aliphatic hydroxyl groups is 1. The van der Waals surface area contributed by atoms with Gasteiger partial charge in [0.2, 0.25) is 0 Å². The summed E-state index contributed by atoms with van der Waals surface area (Å²) in [6.07, 6.45) is -1.53. The van der Waals surface area contributed by atoms with Gasteiger partial charge >= 0.3 is 16.0 Å². The number of nitrogens with zero attached hydrogens (tertiary/aromatic N) is 1. The standard InChI is InChI=1S/C9H13N3O7S/c10-20(16,17)18-4-6-5(13)3-8(19-6)12-2-1-7(14)11-9(12)15/h1-2,5-6,8,13H,3-4H2,(H2,10,16,17)(H,11,14,15)/t5-,6+,8+/m0/s1. The molecule has 1 saturated heterocycles. The highest BCUT2D eigenvalue weighted by atomic mass is 32.2. The third-order valence-electron chi connectivity index (χ3n) is 2.76. The highest BCUT2D eigenvalue weighted by Gasteiger charge is 2.36. The highest BCUT2D eigenvalue weighted by molar-refractivity contribution is 7.84. The molecule has 4 N–H and O–H groups in total. The van der Waals surface area contributed by atoms with Crippen LogP contribution in [0.5, 0.6) is 0 Å². The molecule has 10 nitrogen and oxygen atoms in total. The molecule has 0 spiro atoms. The summed E-state index contributed by atoms with van der Waals surface area (Å²) in [5.41, 5.74) is -1.25. The molecule has 1 aliphatic heterocycles. The molecule has 0 amide bonds. The van der Waals surface area contributed by atoms with Crippen LogP contribution in [0.25, 0.3) is 0 Å². The van der Waals surface area contributed by atoms with Crippen molar-refractivity contribution in [1.82, 2.24) is 9.55 Å². The van der Waals surface area contributed by atoms with E-state index in [2.05, 4.69) is 9.32 Å². The second kappa shape index (κ2) is 5.46. The van der Waals surface area contributed by atoms with Crippen molar-refractivity contribution < 1.29 is 22.4 Å². The maximum atomic E-state index is 11.6. The van der Waals surface area contributed by atoms with E-state index in [0.29, 0.717) is 0 Å². The van der Waals surface area contributed by atoms with E-state index < -0.39 is 46.6 Å². The number of rotatable bonds is 4. The lowest BCUT2D eigenvalue weighted by Crippen LogP contribution is -2.32. The SMILES string of the molecule is NS(=O)(=O)OC[C@H]1O[C@@H](n2ccc(=O)[nH]c2=O)C[C@@H]1O. The van der Waals surface area contributed by atoms with Gasteiger partial charge in [0.15, 0.2) is 0 Å². The van der Waals surface area contributed by atoms with Crippen LogP contribution in [0, 0.1) is 0 Å². The van der Waals surface area contributed by atoms with Crippen LogP contribution in [0.15, 0.2) is 21.9 Å². The first-order valence-corrected chi connectivity index (χ1v) is 7.05. The second-order valence-electron chi connectivity index (χ2n) is 4.23. The van der Waals surface area contributed by atoms with E-state index in [0.717, 1.165) is 10.6 Å². The summed E-state index contributed by atoms with van der Waals surface area (Å²) in [7, 11) is -4.14. The zero-order valence-corrected chi connectivity index (χ0v) is 10.9. The summed E-state index contributed by atoms with van der Waals surface area (Å²) >= 11 is 0. The normalized spacial score (nSPS) is 26.8. The predicted molar refractivity (Wildman–Crippen MR) is 64.9 cm³/mol. The zero-order valence-electron chi connectivity index (χ0n) is 10.1. The first kappa shape index (κ1) is 14.9. The van der Waals surface area contributed by atoms with Gasteiger partial charge in [-0.15, -0.1) is 0 Å². The van der Waals surface area contributed by atoms with E-state index in [1.165, 1.54) is 6.20 Å². The van der Waals surface area contributed by atoms with Crippen molar-refractivity contribution in [2.24, 2.45) is 5.14 Å². The Balaban J connectivity index is 2.10. The van der Waals surface area contributed by atoms with Crippen molar-refractivity contribution in [3.8, 4) is 0 Å². The largest absolute Gasteiger partial charge is 0.390 e. The number of nitrogens with two attached hydrogens (primary N) is 1. The summed E-state index contributed by atoms with van der Waals surface area (Å²) in [6.45, 7) is -0.464. The van der Waals surface area contributed by atoms with Crippen LogP contribution in [-0.4, -0.2) is 41.9 Å². The molecule has 2 rings (SSSR count). The Morgan fingerprint density at radius 2 is 2.25 bits per heavy atom. The van der Waals surface area contributed by atoms with Crippen molar-refractivity contribution in [1.29, 1.82) is 0 Å². The van der Waals surface area contributed by atoms with Gasteiger partial charge in [-0.3, -0.25) is 18.5 Å². The van der Waals surface area contributed by atoms with Crippen LogP contribution >= 0.6 is 0 Å². The summed E-state index contributed by atoms with van der Waals surface area (Å²) in [5.74, 6) is 0. The molecule has 0 saturated carbocycles. The summed E-state index contributed by atoms with van der Waals surface area (Å²) < 4.78 is 32.1.